The molecule has 0 N–H and O–H groups in total. The number of hydrogen-bond donors (Lipinski definition) is 0. The number of rotatable bonds is 2. The number of para-hydroxylation sites is 1. The van der Waals surface area contributed by atoms with E-state index in [1.165, 1.54) is 22.2 Å². The molecule has 0 aliphatic carbocycles. The van der Waals surface area contributed by atoms with Gasteiger partial charge in [-0.25, -0.2) is 0 Å². The molecule has 0 spiro atoms. The summed E-state index contributed by atoms with van der Waals surface area (Å²) in [5.74, 6) is 0.781. The second-order valence-electron chi connectivity index (χ2n) is 7.64. The van der Waals surface area contributed by atoms with Crippen LogP contribution in [0.5, 0.6) is 0 Å². The van der Waals surface area contributed by atoms with E-state index in [1.54, 1.807) is 12.1 Å². The van der Waals surface area contributed by atoms with Crippen LogP contribution in [-0.2, 0) is 6.54 Å². The molecule has 0 radical (unpaired) electrons. The van der Waals surface area contributed by atoms with Crippen molar-refractivity contribution >= 4 is 16.6 Å². The quantitative estimate of drug-likeness (QED) is 0.514. The van der Waals surface area contributed by atoms with Crippen molar-refractivity contribution in [1.82, 2.24) is 9.47 Å². The first-order valence-electron chi connectivity index (χ1n) is 9.08. The van der Waals surface area contributed by atoms with E-state index in [1.807, 2.05) is 12.1 Å². The normalized spacial score (nSPS) is 24.8. The van der Waals surface area contributed by atoms with Gasteiger partial charge < -0.3 is 4.57 Å². The molecular formula is C21H21N3O2. The summed E-state index contributed by atoms with van der Waals surface area (Å²) in [6.45, 7) is 4.15. The molecule has 2 aromatic carbocycles. The fourth-order valence-electron chi connectivity index (χ4n) is 5.25. The molecule has 1 fully saturated rings. The number of aromatic nitrogens is 1. The van der Waals surface area contributed by atoms with Crippen LogP contribution >= 0.6 is 0 Å². The van der Waals surface area contributed by atoms with Gasteiger partial charge in [-0.05, 0) is 31.2 Å². The van der Waals surface area contributed by atoms with Gasteiger partial charge in [-0.3, -0.25) is 15.0 Å². The van der Waals surface area contributed by atoms with Crippen molar-refractivity contribution in [2.24, 2.45) is 5.92 Å². The maximum Gasteiger partial charge on any atom is 0.269 e. The molecule has 0 amide bonds. The summed E-state index contributed by atoms with van der Waals surface area (Å²) < 4.78 is 2.47. The molecule has 3 heterocycles. The Hall–Kier alpha value is -2.66. The van der Waals surface area contributed by atoms with Gasteiger partial charge in [-0.15, -0.1) is 0 Å². The van der Waals surface area contributed by atoms with Crippen molar-refractivity contribution in [1.29, 1.82) is 0 Å². The Bertz CT molecular complexity index is 1040. The fourth-order valence-corrected chi connectivity index (χ4v) is 5.25. The Balaban J connectivity index is 1.60. The highest BCUT2D eigenvalue weighted by atomic mass is 16.6. The highest BCUT2D eigenvalue weighted by molar-refractivity contribution is 5.86. The minimum Gasteiger partial charge on any atom is -0.342 e. The minimum atomic E-state index is -0.296. The molecule has 132 valence electrons. The predicted octanol–water partition coefficient (Wildman–Crippen LogP) is 4.26. The largest absolute Gasteiger partial charge is 0.342 e. The lowest BCUT2D eigenvalue weighted by Gasteiger charge is -2.19. The summed E-state index contributed by atoms with van der Waals surface area (Å²) in [7, 11) is 2.18. The van der Waals surface area contributed by atoms with E-state index >= 15 is 0 Å². The van der Waals surface area contributed by atoms with Gasteiger partial charge in [0.2, 0.25) is 0 Å². The molecule has 2 aliphatic rings. The summed E-state index contributed by atoms with van der Waals surface area (Å²) in [5, 5.41) is 12.5. The summed E-state index contributed by atoms with van der Waals surface area (Å²) >= 11 is 0. The van der Waals surface area contributed by atoms with Gasteiger partial charge in [-0.2, -0.15) is 0 Å². The molecular weight excluding hydrogens is 326 g/mol. The number of non-ortho nitro benzene ring substituents is 1. The van der Waals surface area contributed by atoms with Crippen molar-refractivity contribution < 1.29 is 4.92 Å². The molecule has 5 rings (SSSR count). The third kappa shape index (κ3) is 2.01. The number of likely N-dealkylation sites (tertiary alicyclic amines) is 1. The van der Waals surface area contributed by atoms with Crippen LogP contribution in [-0.4, -0.2) is 28.0 Å². The first kappa shape index (κ1) is 15.6. The van der Waals surface area contributed by atoms with E-state index in [0.717, 1.165) is 18.7 Å². The number of nitro groups is 1. The maximum absolute atomic E-state index is 11.2. The topological polar surface area (TPSA) is 51.3 Å². The van der Waals surface area contributed by atoms with E-state index in [4.69, 9.17) is 0 Å². The number of aryl methyl sites for hydroxylation is 1. The van der Waals surface area contributed by atoms with Gasteiger partial charge in [0.1, 0.15) is 0 Å². The second kappa shape index (κ2) is 5.42. The van der Waals surface area contributed by atoms with Gasteiger partial charge in [0, 0.05) is 53.7 Å². The molecule has 5 nitrogen and oxygen atoms in total. The summed E-state index contributed by atoms with van der Waals surface area (Å²) in [6, 6.07) is 16.2. The lowest BCUT2D eigenvalue weighted by molar-refractivity contribution is -0.384. The van der Waals surface area contributed by atoms with Crippen LogP contribution in [0.3, 0.4) is 0 Å². The van der Waals surface area contributed by atoms with Gasteiger partial charge in [0.05, 0.1) is 11.0 Å². The van der Waals surface area contributed by atoms with Gasteiger partial charge in [0.25, 0.3) is 5.69 Å². The first-order chi connectivity index (χ1) is 12.6. The second-order valence-corrected chi connectivity index (χ2v) is 7.64. The molecule has 5 heteroatoms. The van der Waals surface area contributed by atoms with Gasteiger partial charge in [0.15, 0.2) is 0 Å². The molecule has 3 atom stereocenters. The summed E-state index contributed by atoms with van der Waals surface area (Å²) in [4.78, 5) is 13.3. The number of fused-ring (bicyclic) bond motifs is 5. The van der Waals surface area contributed by atoms with Crippen LogP contribution in [0.4, 0.5) is 5.69 Å². The van der Waals surface area contributed by atoms with Crippen molar-refractivity contribution in [2.45, 2.75) is 25.4 Å². The average molecular weight is 347 g/mol. The SMILES string of the molecule is Cc1c2n(c3ccccc13)CC1C(c3cccc([N+](=O)[O-])c3)CN(C)C21. The zero-order valence-electron chi connectivity index (χ0n) is 14.9. The van der Waals surface area contributed by atoms with Crippen LogP contribution in [0.2, 0.25) is 0 Å². The van der Waals surface area contributed by atoms with E-state index in [9.17, 15) is 10.1 Å². The number of nitrogens with zero attached hydrogens (tertiary/aromatic N) is 3. The van der Waals surface area contributed by atoms with Crippen LogP contribution in [0.15, 0.2) is 48.5 Å². The van der Waals surface area contributed by atoms with Crippen molar-refractivity contribution in [2.75, 3.05) is 13.6 Å². The van der Waals surface area contributed by atoms with E-state index in [2.05, 4.69) is 47.7 Å². The summed E-state index contributed by atoms with van der Waals surface area (Å²) in [6.07, 6.45) is 0. The van der Waals surface area contributed by atoms with E-state index in [0.29, 0.717) is 17.9 Å². The van der Waals surface area contributed by atoms with Crippen LogP contribution < -0.4 is 0 Å². The Morgan fingerprint density at radius 3 is 2.73 bits per heavy atom. The van der Waals surface area contributed by atoms with E-state index < -0.39 is 0 Å². The molecule has 0 saturated carbocycles. The van der Waals surface area contributed by atoms with Gasteiger partial charge >= 0.3 is 0 Å². The smallest absolute Gasteiger partial charge is 0.269 e. The summed E-state index contributed by atoms with van der Waals surface area (Å²) in [5.41, 5.74) is 5.38. The molecule has 26 heavy (non-hydrogen) atoms. The fraction of sp³-hybridized carbons (Fsp3) is 0.333. The Kier molecular flexibility index (Phi) is 3.25. The van der Waals surface area contributed by atoms with Crippen LogP contribution in [0.1, 0.15) is 28.8 Å². The molecule has 0 bridgehead atoms. The van der Waals surface area contributed by atoms with Crippen molar-refractivity contribution in [3.8, 4) is 0 Å². The Morgan fingerprint density at radius 2 is 1.92 bits per heavy atom. The Labute approximate surface area is 152 Å². The molecule has 3 unspecified atom stereocenters. The number of hydrogen-bond acceptors (Lipinski definition) is 3. The monoisotopic (exact) mass is 347 g/mol. The van der Waals surface area contributed by atoms with Gasteiger partial charge in [-0.1, -0.05) is 30.3 Å². The number of nitro benzene ring substituents is 1. The van der Waals surface area contributed by atoms with E-state index in [-0.39, 0.29) is 10.6 Å². The average Bonchev–Trinajstić information content (AvgIpc) is 3.26. The number of likely N-dealkylation sites (N-methyl/N-ethyl adjacent to an activating group) is 1. The first-order valence-corrected chi connectivity index (χ1v) is 9.08. The minimum absolute atomic E-state index is 0.188. The lowest BCUT2D eigenvalue weighted by atomic mass is 9.85. The molecule has 3 aromatic rings. The highest BCUT2D eigenvalue weighted by Gasteiger charge is 2.48. The van der Waals surface area contributed by atoms with Crippen molar-refractivity contribution in [3.63, 3.8) is 0 Å². The lowest BCUT2D eigenvalue weighted by Crippen LogP contribution is -2.19. The Morgan fingerprint density at radius 1 is 1.12 bits per heavy atom. The zero-order chi connectivity index (χ0) is 18.0. The molecule has 2 aliphatic heterocycles. The van der Waals surface area contributed by atoms with Crippen molar-refractivity contribution in [3.05, 3.63) is 75.5 Å². The third-order valence-electron chi connectivity index (χ3n) is 6.34. The van der Waals surface area contributed by atoms with Crippen LogP contribution in [0.25, 0.3) is 10.9 Å². The predicted molar refractivity (Wildman–Crippen MR) is 101 cm³/mol. The molecule has 1 saturated heterocycles. The third-order valence-corrected chi connectivity index (χ3v) is 6.34. The zero-order valence-corrected chi connectivity index (χ0v) is 14.9. The molecule has 1 aromatic heterocycles. The maximum atomic E-state index is 11.2. The van der Waals surface area contributed by atoms with Crippen LogP contribution in [0, 0.1) is 23.0 Å². The highest BCUT2D eigenvalue weighted by Crippen LogP contribution is 2.52. The standard InChI is InChI=1S/C21H21N3O2/c1-13-16-8-3-4-9-19(16)23-12-18-17(11-22(2)21(18)20(13)23)14-6-5-7-15(10-14)24(25)26/h3-10,17-18,21H,11-12H2,1-2H3. The number of benzene rings is 2.